The molecule has 1 fully saturated rings. The molecule has 5 N–H and O–H groups in total. The van der Waals surface area contributed by atoms with Crippen molar-refractivity contribution in [3.8, 4) is 5.75 Å². The molecule has 0 unspecified atom stereocenters. The Morgan fingerprint density at radius 2 is 1.95 bits per heavy atom. The van der Waals surface area contributed by atoms with Crippen molar-refractivity contribution in [2.75, 3.05) is 51.1 Å². The monoisotopic (exact) mass is 567 g/mol. The van der Waals surface area contributed by atoms with E-state index in [0.717, 1.165) is 18.4 Å². The third-order valence-electron chi connectivity index (χ3n) is 6.75. The summed E-state index contributed by atoms with van der Waals surface area (Å²) in [4.78, 5) is 46.9. The second kappa shape index (κ2) is 15.6. The number of amides is 3. The second-order valence-electron chi connectivity index (χ2n) is 9.83. The summed E-state index contributed by atoms with van der Waals surface area (Å²) in [5, 5.41) is 9.58. The van der Waals surface area contributed by atoms with Crippen LogP contribution >= 0.6 is 0 Å². The number of aryl methyl sites for hydroxylation is 1. The summed E-state index contributed by atoms with van der Waals surface area (Å²) < 4.78 is 10.9. The van der Waals surface area contributed by atoms with Gasteiger partial charge in [0.15, 0.2) is 17.3 Å². The number of carbonyl (C=O) groups is 3. The molecule has 2 aromatic rings. The topological polar surface area (TPSA) is 161 Å². The fraction of sp³-hybridized carbons (Fsp3) is 0.483. The lowest BCUT2D eigenvalue weighted by Gasteiger charge is -2.25. The van der Waals surface area contributed by atoms with Crippen LogP contribution in [0.2, 0.25) is 0 Å². The molecule has 12 heteroatoms. The second-order valence-corrected chi connectivity index (χ2v) is 9.83. The van der Waals surface area contributed by atoms with Crippen molar-refractivity contribution in [1.82, 2.24) is 20.2 Å². The maximum Gasteiger partial charge on any atom is 0.271 e. The maximum absolute atomic E-state index is 12.3. The van der Waals surface area contributed by atoms with Crippen LogP contribution in [0.4, 0.5) is 17.3 Å². The third-order valence-corrected chi connectivity index (χ3v) is 6.75. The largest absolute Gasteiger partial charge is 0.497 e. The molecule has 222 valence electrons. The summed E-state index contributed by atoms with van der Waals surface area (Å²) in [6.45, 7) is 7.67. The minimum absolute atomic E-state index is 0.0523. The third kappa shape index (κ3) is 9.45. The number of aromatic nitrogens is 2. The average Bonchev–Trinajstić information content (AvgIpc) is 2.97. The number of rotatable bonds is 15. The van der Waals surface area contributed by atoms with Crippen LogP contribution in [0, 0.1) is 0 Å². The predicted molar refractivity (Wildman–Crippen MR) is 157 cm³/mol. The fourth-order valence-corrected chi connectivity index (χ4v) is 4.44. The van der Waals surface area contributed by atoms with E-state index in [1.807, 2.05) is 19.1 Å². The summed E-state index contributed by atoms with van der Waals surface area (Å²) in [6, 6.07) is 5.77. The van der Waals surface area contributed by atoms with E-state index < -0.39 is 5.91 Å². The van der Waals surface area contributed by atoms with Gasteiger partial charge in [-0.05, 0) is 55.9 Å². The molecule has 1 saturated heterocycles. The number of benzene rings is 1. The van der Waals surface area contributed by atoms with Gasteiger partial charge in [0, 0.05) is 57.6 Å². The highest BCUT2D eigenvalue weighted by atomic mass is 16.5. The van der Waals surface area contributed by atoms with E-state index in [1.54, 1.807) is 20.2 Å². The number of primary amides is 1. The van der Waals surface area contributed by atoms with Gasteiger partial charge < -0.3 is 36.1 Å². The van der Waals surface area contributed by atoms with Crippen molar-refractivity contribution < 1.29 is 23.9 Å². The van der Waals surface area contributed by atoms with Crippen LogP contribution in [-0.2, 0) is 27.2 Å². The molecule has 3 amide bonds. The van der Waals surface area contributed by atoms with Crippen LogP contribution in [-0.4, -0.2) is 79.1 Å². The van der Waals surface area contributed by atoms with E-state index in [4.69, 9.17) is 20.2 Å². The number of ether oxygens (including phenoxy) is 2. The van der Waals surface area contributed by atoms with Crippen LogP contribution in [0.1, 0.15) is 54.4 Å². The summed E-state index contributed by atoms with van der Waals surface area (Å²) >= 11 is 0. The first-order valence-electron chi connectivity index (χ1n) is 13.9. The van der Waals surface area contributed by atoms with Gasteiger partial charge in [0.25, 0.3) is 5.91 Å². The highest BCUT2D eigenvalue weighted by Gasteiger charge is 2.21. The minimum atomic E-state index is -0.682. The van der Waals surface area contributed by atoms with E-state index in [9.17, 15) is 14.4 Å². The van der Waals surface area contributed by atoms with Crippen LogP contribution < -0.4 is 26.4 Å². The molecule has 3 rings (SSSR count). The van der Waals surface area contributed by atoms with E-state index >= 15 is 0 Å². The fourth-order valence-electron chi connectivity index (χ4n) is 4.44. The maximum atomic E-state index is 12.3. The van der Waals surface area contributed by atoms with Gasteiger partial charge in [-0.2, -0.15) is 0 Å². The summed E-state index contributed by atoms with van der Waals surface area (Å²) in [5.41, 5.74) is 7.93. The zero-order valence-corrected chi connectivity index (χ0v) is 24.1. The van der Waals surface area contributed by atoms with E-state index in [0.29, 0.717) is 74.9 Å². The number of nitrogens with zero attached hydrogens (tertiary/aromatic N) is 3. The highest BCUT2D eigenvalue weighted by Crippen LogP contribution is 2.27. The molecule has 0 atom stereocenters. The number of hydrogen-bond donors (Lipinski definition) is 4. The van der Waals surface area contributed by atoms with Crippen molar-refractivity contribution in [2.24, 2.45) is 5.73 Å². The molecular weight excluding hydrogens is 526 g/mol. The molecule has 0 spiro atoms. The first-order chi connectivity index (χ1) is 19.7. The Bertz CT molecular complexity index is 1230. The van der Waals surface area contributed by atoms with Crippen LogP contribution in [0.25, 0.3) is 0 Å². The number of methoxy groups -OCH3 is 1. The number of nitrogens with two attached hydrogens (primary N) is 1. The molecule has 1 aromatic heterocycles. The Hall–Kier alpha value is -4.19. The molecular formula is C29H41N7O5. The lowest BCUT2D eigenvalue weighted by molar-refractivity contribution is -0.126. The molecule has 0 saturated carbocycles. The van der Waals surface area contributed by atoms with Crippen molar-refractivity contribution in [3.63, 3.8) is 0 Å². The first kappa shape index (κ1) is 31.3. The lowest BCUT2D eigenvalue weighted by Crippen LogP contribution is -2.29. The molecule has 2 heterocycles. The lowest BCUT2D eigenvalue weighted by atomic mass is 10.1. The van der Waals surface area contributed by atoms with E-state index in [1.165, 1.54) is 11.0 Å². The minimum Gasteiger partial charge on any atom is -0.497 e. The highest BCUT2D eigenvalue weighted by molar-refractivity contribution is 5.96. The summed E-state index contributed by atoms with van der Waals surface area (Å²) in [6.07, 6.45) is 4.96. The molecule has 12 nitrogen and oxygen atoms in total. The van der Waals surface area contributed by atoms with Gasteiger partial charge in [0.2, 0.25) is 11.8 Å². The van der Waals surface area contributed by atoms with Gasteiger partial charge in [-0.15, -0.1) is 0 Å². The van der Waals surface area contributed by atoms with Crippen molar-refractivity contribution >= 4 is 35.0 Å². The molecule has 0 radical (unpaired) electrons. The Balaban J connectivity index is 1.69. The average molecular weight is 568 g/mol. The van der Waals surface area contributed by atoms with Gasteiger partial charge in [0.05, 0.1) is 12.8 Å². The zero-order valence-electron chi connectivity index (χ0n) is 24.1. The number of likely N-dealkylation sites (N-methyl/N-ethyl adjacent to an activating group) is 1. The molecule has 1 aromatic carbocycles. The molecule has 0 aliphatic carbocycles. The zero-order chi connectivity index (χ0) is 29.8. The van der Waals surface area contributed by atoms with Crippen LogP contribution in [0.5, 0.6) is 5.75 Å². The number of anilines is 3. The van der Waals surface area contributed by atoms with Gasteiger partial charge in [0.1, 0.15) is 5.75 Å². The SMILES string of the molecule is C=CC(=O)N(C)CCCC(=O)NCCc1cc(Nc2nc(NC3CCOCC3)c(CC)nc2C(N)=O)cc(OC)c1. The van der Waals surface area contributed by atoms with Gasteiger partial charge in [-0.25, -0.2) is 9.97 Å². The van der Waals surface area contributed by atoms with Crippen LogP contribution in [0.15, 0.2) is 30.9 Å². The van der Waals surface area contributed by atoms with Crippen molar-refractivity contribution in [3.05, 3.63) is 47.8 Å². The Morgan fingerprint density at radius 3 is 2.61 bits per heavy atom. The number of hydrogen-bond acceptors (Lipinski definition) is 9. The Kier molecular flexibility index (Phi) is 11.9. The number of carbonyl (C=O) groups excluding carboxylic acids is 3. The summed E-state index contributed by atoms with van der Waals surface area (Å²) in [7, 11) is 3.25. The normalized spacial score (nSPS) is 13.2. The van der Waals surface area contributed by atoms with E-state index in [-0.39, 0.29) is 29.4 Å². The van der Waals surface area contributed by atoms with Gasteiger partial charge in [-0.1, -0.05) is 13.5 Å². The van der Waals surface area contributed by atoms with E-state index in [2.05, 4.69) is 27.5 Å². The standard InChI is InChI=1S/C29H41N7O5/c1-5-23-28(32-20-10-14-41-15-11-20)35-29(26(34-23)27(30)39)33-21-16-19(17-22(18-21)40-4)9-12-31-24(37)8-7-13-36(3)25(38)6-2/h6,16-18,20H,2,5,7-15H2,1,3-4H3,(H2,30,39)(H,31,37)(H2,32,33,35). The Morgan fingerprint density at radius 1 is 1.20 bits per heavy atom. The van der Waals surface area contributed by atoms with Crippen molar-refractivity contribution in [2.45, 2.75) is 51.5 Å². The first-order valence-corrected chi connectivity index (χ1v) is 13.9. The van der Waals surface area contributed by atoms with Gasteiger partial charge >= 0.3 is 0 Å². The Labute approximate surface area is 241 Å². The van der Waals surface area contributed by atoms with Gasteiger partial charge in [-0.3, -0.25) is 14.4 Å². The smallest absolute Gasteiger partial charge is 0.271 e. The molecule has 0 bridgehead atoms. The number of nitrogens with one attached hydrogen (secondary N) is 3. The predicted octanol–water partition coefficient (Wildman–Crippen LogP) is 2.56. The van der Waals surface area contributed by atoms with Crippen molar-refractivity contribution in [1.29, 1.82) is 0 Å². The molecule has 41 heavy (non-hydrogen) atoms. The molecule has 1 aliphatic rings. The quantitative estimate of drug-likeness (QED) is 0.237. The van der Waals surface area contributed by atoms with Crippen LogP contribution in [0.3, 0.4) is 0 Å². The summed E-state index contributed by atoms with van der Waals surface area (Å²) in [5.74, 6) is 0.515. The molecule has 1 aliphatic heterocycles.